The second-order valence-electron chi connectivity index (χ2n) is 18.1. The normalized spacial score (nSPS) is 13.4. The van der Waals surface area contributed by atoms with Gasteiger partial charge in [-0.2, -0.15) is 0 Å². The van der Waals surface area contributed by atoms with E-state index in [0.29, 0.717) is 90.1 Å². The zero-order valence-electron chi connectivity index (χ0n) is 41.3. The molecule has 1 fully saturated rings. The second-order valence-corrected chi connectivity index (χ2v) is 18.1. The van der Waals surface area contributed by atoms with Crippen LogP contribution in [0.15, 0.2) is 91.0 Å². The number of hydrogen-bond acceptors (Lipinski definition) is 12. The number of aromatic carboxylic acids is 3. The van der Waals surface area contributed by atoms with Crippen LogP contribution >= 0.6 is 0 Å². The number of nitrogens with zero attached hydrogens (tertiary/aromatic N) is 6. The van der Waals surface area contributed by atoms with Gasteiger partial charge in [0.2, 0.25) is 17.7 Å². The predicted octanol–water partition coefficient (Wildman–Crippen LogP) is 7.59. The van der Waals surface area contributed by atoms with E-state index in [1.54, 1.807) is 18.2 Å². The summed E-state index contributed by atoms with van der Waals surface area (Å²) in [5.74, 6) is -4.19. The van der Waals surface area contributed by atoms with Gasteiger partial charge in [0.15, 0.2) is 0 Å². The van der Waals surface area contributed by atoms with Crippen LogP contribution in [0.1, 0.15) is 86.0 Å². The molecule has 4 heterocycles. The summed E-state index contributed by atoms with van der Waals surface area (Å²) in [6.07, 6.45) is 0. The molecule has 0 unspecified atom stereocenters. The zero-order valence-corrected chi connectivity index (χ0v) is 43.5. The molecule has 6 aromatic rings. The second kappa shape index (κ2) is 24.7. The van der Waals surface area contributed by atoms with Crippen molar-refractivity contribution in [1.29, 1.82) is 0 Å². The number of pyridine rings is 3. The van der Waals surface area contributed by atoms with E-state index < -0.39 is 17.9 Å². The number of carbonyl (C=O) groups is 6. The number of amides is 3. The van der Waals surface area contributed by atoms with Gasteiger partial charge in [-0.25, -0.2) is 29.3 Å². The summed E-state index contributed by atoms with van der Waals surface area (Å²) >= 11 is 0. The molecule has 1 aliphatic heterocycles. The fourth-order valence-corrected chi connectivity index (χ4v) is 8.95. The molecule has 0 atom stereocenters. The summed E-state index contributed by atoms with van der Waals surface area (Å²) in [6, 6.07) is 26.5. The summed E-state index contributed by atoms with van der Waals surface area (Å²) in [5.41, 5.74) is 9.80. The first-order valence-electron chi connectivity index (χ1n) is 23.3. The molecule has 1 radical (unpaired) electrons. The molecule has 381 valence electrons. The van der Waals surface area contributed by atoms with Crippen LogP contribution in [0.2, 0.25) is 0 Å². The Labute approximate surface area is 453 Å². The first kappa shape index (κ1) is 55.4. The number of aromatic nitrogens is 3. The Bertz CT molecular complexity index is 2770. The van der Waals surface area contributed by atoms with Crippen molar-refractivity contribution in [3.05, 3.63) is 142 Å². The van der Waals surface area contributed by atoms with Gasteiger partial charge in [0, 0.05) is 135 Å². The molecule has 3 aromatic carbocycles. The maximum Gasteiger partial charge on any atom is 0.354 e. The van der Waals surface area contributed by atoms with E-state index in [-0.39, 0.29) is 93.0 Å². The number of carboxylic acids is 3. The molecule has 3 aromatic heterocycles. The van der Waals surface area contributed by atoms with Crippen LogP contribution < -0.4 is 16.0 Å². The Morgan fingerprint density at radius 2 is 0.671 bits per heavy atom. The molecule has 6 N–H and O–H groups in total. The third-order valence-electron chi connectivity index (χ3n) is 12.2. The first-order chi connectivity index (χ1) is 34.3. The van der Waals surface area contributed by atoms with Crippen molar-refractivity contribution in [2.45, 2.75) is 61.2 Å². The van der Waals surface area contributed by atoms with Crippen molar-refractivity contribution < 1.29 is 82.7 Å². The molecule has 0 aliphatic carbocycles. The van der Waals surface area contributed by atoms with Crippen molar-refractivity contribution >= 4 is 52.7 Å². The smallest absolute Gasteiger partial charge is 0.354 e. The third kappa shape index (κ3) is 15.1. The van der Waals surface area contributed by atoms with Crippen molar-refractivity contribution in [1.82, 2.24) is 29.7 Å². The number of rotatable bonds is 15. The number of nitrogens with one attached hydrogen (secondary N) is 3. The third-order valence-corrected chi connectivity index (χ3v) is 12.2. The molecule has 73 heavy (non-hydrogen) atoms. The van der Waals surface area contributed by atoms with Crippen molar-refractivity contribution in [2.24, 2.45) is 0 Å². The molecule has 0 saturated carbocycles. The molecule has 0 bridgehead atoms. The van der Waals surface area contributed by atoms with Gasteiger partial charge in [-0.15, -0.1) is 0 Å². The molecule has 19 heteroatoms. The average Bonchev–Trinajstić information content (AvgIpc) is 3.38. The van der Waals surface area contributed by atoms with Crippen LogP contribution in [0.3, 0.4) is 0 Å². The first-order valence-corrected chi connectivity index (χ1v) is 23.3. The molecule has 1 aliphatic rings. The van der Waals surface area contributed by atoms with Gasteiger partial charge in [-0.3, -0.25) is 29.1 Å². The average molecular weight is 1140 g/mol. The fraction of sp³-hybridized carbons (Fsp3) is 0.278. The monoisotopic (exact) mass is 1130 g/mol. The summed E-state index contributed by atoms with van der Waals surface area (Å²) in [6.45, 7) is 13.8. The molecule has 3 amide bonds. The number of hydrogen-bond donors (Lipinski definition) is 6. The molecular weight excluding hydrogens is 1080 g/mol. The Hall–Kier alpha value is -6.90. The van der Waals surface area contributed by atoms with E-state index >= 15 is 0 Å². The molecule has 0 spiro atoms. The molecule has 18 nitrogen and oxygen atoms in total. The topological polar surface area (TPSA) is 248 Å². The number of benzene rings is 3. The fourth-order valence-electron chi connectivity index (χ4n) is 8.95. The van der Waals surface area contributed by atoms with Crippen LogP contribution in [0, 0.1) is 59.4 Å². The predicted molar refractivity (Wildman–Crippen MR) is 273 cm³/mol. The van der Waals surface area contributed by atoms with Crippen LogP contribution in [0.4, 0.5) is 17.1 Å². The quantitative estimate of drug-likeness (QED) is 0.0580. The van der Waals surface area contributed by atoms with E-state index in [0.717, 1.165) is 33.4 Å². The van der Waals surface area contributed by atoms with Gasteiger partial charge in [0.05, 0.1) is 17.1 Å². The van der Waals surface area contributed by atoms with Gasteiger partial charge in [-0.1, -0.05) is 18.2 Å². The Morgan fingerprint density at radius 3 is 0.877 bits per heavy atom. The number of anilines is 3. The summed E-state index contributed by atoms with van der Waals surface area (Å²) in [7, 11) is 0. The number of carbonyl (C=O) groups excluding carboxylic acids is 3. The van der Waals surface area contributed by atoms with Crippen molar-refractivity contribution in [3.63, 3.8) is 0 Å². The van der Waals surface area contributed by atoms with Crippen molar-refractivity contribution in [3.8, 4) is 33.4 Å². The standard InChI is InChI=1S/C54H57N9O9.Tb/c1-31-19-40(55-34(4)64)7-10-46(31)37-22-43(58-49(25-37)52(67)68)28-61-13-15-62(29-44-23-38(26-50(59-44)53(69)70)47-11-8-41(20-32(47)2)56-35(5)65)17-18-63(16-14-61)30-45-24-39(27-51(60-45)54(71)72)48-12-9-42(21-33(48)3)57-36(6)66;/h7-12,19-27H,13-18,28-30H2,1-6H3,(H,55,64)(H,56,65)(H,57,66)(H,67,68)(H,69,70)(H,71,72);. The summed E-state index contributed by atoms with van der Waals surface area (Å²) < 4.78 is 0. The minimum absolute atomic E-state index is 0. The van der Waals surface area contributed by atoms with E-state index in [4.69, 9.17) is 0 Å². The van der Waals surface area contributed by atoms with Gasteiger partial charge in [0.25, 0.3) is 0 Å². The SMILES string of the molecule is CC(=O)Nc1ccc(-c2cc(CN3CCN(Cc4cc(-c5ccc(NC(C)=O)cc5C)cc(C(=O)O)n4)CCN(Cc4cc(-c5ccc(NC(C)=O)cc5C)cc(C(=O)O)n4)CC3)nc(C(=O)O)c2)c(C)c1.[Tb]. The van der Waals surface area contributed by atoms with Crippen LogP contribution in [-0.2, 0) is 34.0 Å². The van der Waals surface area contributed by atoms with Crippen LogP contribution in [-0.4, -0.2) is 120 Å². The minimum Gasteiger partial charge on any atom is -0.477 e. The van der Waals surface area contributed by atoms with E-state index in [2.05, 4.69) is 45.6 Å². The maximum atomic E-state index is 12.5. The Morgan fingerprint density at radius 1 is 0.425 bits per heavy atom. The molecular formula is C54H57N9O9Tb. The molecule has 1 saturated heterocycles. The van der Waals surface area contributed by atoms with Gasteiger partial charge in [-0.05, 0) is 144 Å². The minimum atomic E-state index is -1.18. The van der Waals surface area contributed by atoms with Gasteiger partial charge in [0.1, 0.15) is 17.1 Å². The Kier molecular flexibility index (Phi) is 18.7. The van der Waals surface area contributed by atoms with E-state index in [1.807, 2.05) is 75.4 Å². The summed E-state index contributed by atoms with van der Waals surface area (Å²) in [5, 5.41) is 39.0. The summed E-state index contributed by atoms with van der Waals surface area (Å²) in [4.78, 5) is 93.1. The molecule has 7 rings (SSSR count). The zero-order chi connectivity index (χ0) is 51.8. The van der Waals surface area contributed by atoms with Gasteiger partial charge >= 0.3 is 17.9 Å². The Balaban J connectivity index is 0.00000869. The van der Waals surface area contributed by atoms with Crippen molar-refractivity contribution in [2.75, 3.05) is 55.2 Å². The number of carboxylic acid groups (broad SMARTS) is 3. The largest absolute Gasteiger partial charge is 0.477 e. The van der Waals surface area contributed by atoms with Gasteiger partial charge < -0.3 is 31.3 Å². The number of aryl methyl sites for hydroxylation is 3. The van der Waals surface area contributed by atoms with E-state index in [9.17, 15) is 44.1 Å². The van der Waals surface area contributed by atoms with E-state index in [1.165, 1.54) is 39.0 Å². The maximum absolute atomic E-state index is 12.5. The van der Waals surface area contributed by atoms with Crippen LogP contribution in [0.5, 0.6) is 0 Å². The van der Waals surface area contributed by atoms with Crippen LogP contribution in [0.25, 0.3) is 33.4 Å².